The van der Waals surface area contributed by atoms with Gasteiger partial charge in [0, 0.05) is 58.4 Å². The lowest BCUT2D eigenvalue weighted by Gasteiger charge is -2.35. The van der Waals surface area contributed by atoms with Crippen LogP contribution < -0.4 is 10.2 Å². The fourth-order valence-corrected chi connectivity index (χ4v) is 3.95. The molecule has 32 heavy (non-hydrogen) atoms. The molecule has 170 valence electrons. The molecule has 2 aromatic rings. The quantitative estimate of drug-likeness (QED) is 0.690. The van der Waals surface area contributed by atoms with Crippen LogP contribution in [0.4, 0.5) is 10.5 Å². The van der Waals surface area contributed by atoms with E-state index in [0.29, 0.717) is 32.6 Å². The molecule has 0 aliphatic carbocycles. The Morgan fingerprint density at radius 1 is 1.06 bits per heavy atom. The standard InChI is InChI=1S/C22H27N5O2.CH2O2/c28-21-8-4-10-27(21)17-19-6-2-1-5-18(19)15-24-22(29)26-13-11-25(12-14-26)20-7-3-9-23-16-20;2-1-3/h1-3,5-7,9,16H,4,8,10-15,17H2,(H,24,29);1H,(H,2,3). The largest absolute Gasteiger partial charge is 0.483 e. The lowest BCUT2D eigenvalue weighted by Crippen LogP contribution is -2.51. The van der Waals surface area contributed by atoms with Crippen molar-refractivity contribution in [2.24, 2.45) is 0 Å². The maximum Gasteiger partial charge on any atom is 0.317 e. The van der Waals surface area contributed by atoms with Gasteiger partial charge in [0.25, 0.3) is 6.47 Å². The van der Waals surface area contributed by atoms with Crippen molar-refractivity contribution in [2.45, 2.75) is 25.9 Å². The van der Waals surface area contributed by atoms with Crippen molar-refractivity contribution >= 4 is 24.1 Å². The van der Waals surface area contributed by atoms with Crippen LogP contribution in [0, 0.1) is 0 Å². The second-order valence-corrected chi connectivity index (χ2v) is 7.64. The minimum absolute atomic E-state index is 0.0390. The van der Waals surface area contributed by atoms with Crippen LogP contribution in [0.1, 0.15) is 24.0 Å². The van der Waals surface area contributed by atoms with Crippen LogP contribution in [0.3, 0.4) is 0 Å². The van der Waals surface area contributed by atoms with Crippen molar-refractivity contribution in [2.75, 3.05) is 37.6 Å². The molecule has 2 N–H and O–H groups in total. The first-order valence-corrected chi connectivity index (χ1v) is 10.7. The van der Waals surface area contributed by atoms with Gasteiger partial charge in [-0.05, 0) is 29.7 Å². The average molecular weight is 440 g/mol. The molecule has 0 unspecified atom stereocenters. The predicted molar refractivity (Wildman–Crippen MR) is 120 cm³/mol. The first-order chi connectivity index (χ1) is 15.6. The van der Waals surface area contributed by atoms with Crippen molar-refractivity contribution < 1.29 is 19.5 Å². The van der Waals surface area contributed by atoms with Crippen LogP contribution in [-0.2, 0) is 22.7 Å². The molecule has 3 amide bonds. The molecule has 2 saturated heterocycles. The molecule has 3 heterocycles. The Kier molecular flexibility index (Phi) is 8.42. The highest BCUT2D eigenvalue weighted by Crippen LogP contribution is 2.18. The van der Waals surface area contributed by atoms with Crippen molar-refractivity contribution in [3.8, 4) is 0 Å². The number of aromatic nitrogens is 1. The number of carboxylic acid groups (broad SMARTS) is 1. The Hall–Kier alpha value is -3.62. The summed E-state index contributed by atoms with van der Waals surface area (Å²) in [5, 5.41) is 9.94. The van der Waals surface area contributed by atoms with E-state index in [9.17, 15) is 9.59 Å². The van der Waals surface area contributed by atoms with Gasteiger partial charge in [0.15, 0.2) is 0 Å². The molecule has 9 nitrogen and oxygen atoms in total. The third-order valence-corrected chi connectivity index (χ3v) is 5.66. The Labute approximate surface area is 187 Å². The number of amides is 3. The van der Waals surface area contributed by atoms with E-state index in [0.717, 1.165) is 42.9 Å². The summed E-state index contributed by atoms with van der Waals surface area (Å²) >= 11 is 0. The Bertz CT molecular complexity index is 900. The maximum absolute atomic E-state index is 12.6. The summed E-state index contributed by atoms with van der Waals surface area (Å²) in [4.78, 5) is 43.1. The van der Waals surface area contributed by atoms with Crippen LogP contribution >= 0.6 is 0 Å². The van der Waals surface area contributed by atoms with Gasteiger partial charge in [-0.3, -0.25) is 14.6 Å². The Morgan fingerprint density at radius 3 is 2.41 bits per heavy atom. The topological polar surface area (TPSA) is 106 Å². The third kappa shape index (κ3) is 6.19. The molecule has 2 fully saturated rings. The molecule has 0 atom stereocenters. The van der Waals surface area contributed by atoms with Gasteiger partial charge in [0.1, 0.15) is 0 Å². The van der Waals surface area contributed by atoms with E-state index in [-0.39, 0.29) is 18.4 Å². The number of piperazine rings is 1. The SMILES string of the molecule is O=C1CCCN1Cc1ccccc1CNC(=O)N1CCN(c2cccnc2)CC1.O=CO. The number of hydrogen-bond donors (Lipinski definition) is 2. The number of likely N-dealkylation sites (tertiary alicyclic amines) is 1. The van der Waals surface area contributed by atoms with Crippen molar-refractivity contribution in [1.29, 1.82) is 0 Å². The normalized spacial score (nSPS) is 15.8. The number of urea groups is 1. The molecule has 1 aromatic carbocycles. The summed E-state index contributed by atoms with van der Waals surface area (Å²) in [5.74, 6) is 0.218. The van der Waals surface area contributed by atoms with Crippen molar-refractivity contribution in [3.05, 3.63) is 59.9 Å². The van der Waals surface area contributed by atoms with Gasteiger partial charge < -0.3 is 25.1 Å². The van der Waals surface area contributed by atoms with E-state index in [2.05, 4.69) is 15.2 Å². The van der Waals surface area contributed by atoms with Crippen molar-refractivity contribution in [1.82, 2.24) is 20.1 Å². The molecule has 0 bridgehead atoms. The first kappa shape index (κ1) is 23.1. The molecule has 4 rings (SSSR count). The number of nitrogens with zero attached hydrogens (tertiary/aromatic N) is 4. The number of hydrogen-bond acceptors (Lipinski definition) is 5. The second-order valence-electron chi connectivity index (χ2n) is 7.64. The maximum atomic E-state index is 12.6. The molecular formula is C23H29N5O4. The van der Waals surface area contributed by atoms with E-state index in [1.807, 2.05) is 52.4 Å². The highest BCUT2D eigenvalue weighted by Gasteiger charge is 2.23. The summed E-state index contributed by atoms with van der Waals surface area (Å²) in [6, 6.07) is 12.0. The number of pyridine rings is 1. The number of carbonyl (C=O) groups excluding carboxylic acids is 2. The van der Waals surface area contributed by atoms with E-state index in [1.54, 1.807) is 6.20 Å². The van der Waals surface area contributed by atoms with Crippen LogP contribution in [0.15, 0.2) is 48.8 Å². The lowest BCUT2D eigenvalue weighted by molar-refractivity contribution is -0.128. The monoisotopic (exact) mass is 439 g/mol. The molecule has 0 spiro atoms. The number of nitrogens with one attached hydrogen (secondary N) is 1. The van der Waals surface area contributed by atoms with E-state index in [1.165, 1.54) is 0 Å². The van der Waals surface area contributed by atoms with Gasteiger partial charge in [-0.2, -0.15) is 0 Å². The van der Waals surface area contributed by atoms with Gasteiger partial charge in [-0.25, -0.2) is 4.79 Å². The Balaban J connectivity index is 0.000000913. The van der Waals surface area contributed by atoms with E-state index >= 15 is 0 Å². The fraction of sp³-hybridized carbons (Fsp3) is 0.391. The molecule has 0 saturated carbocycles. The van der Waals surface area contributed by atoms with Crippen molar-refractivity contribution in [3.63, 3.8) is 0 Å². The number of carbonyl (C=O) groups is 3. The summed E-state index contributed by atoms with van der Waals surface area (Å²) in [6.45, 7) is 4.63. The first-order valence-electron chi connectivity index (χ1n) is 10.7. The van der Waals surface area contributed by atoms with Crippen LogP contribution in [0.2, 0.25) is 0 Å². The number of anilines is 1. The third-order valence-electron chi connectivity index (χ3n) is 5.66. The van der Waals surface area contributed by atoms with Crippen LogP contribution in [0.25, 0.3) is 0 Å². The number of rotatable bonds is 5. The molecule has 9 heteroatoms. The minimum atomic E-state index is -0.250. The van der Waals surface area contributed by atoms with Gasteiger partial charge in [-0.15, -0.1) is 0 Å². The minimum Gasteiger partial charge on any atom is -0.483 e. The Morgan fingerprint density at radius 2 is 1.78 bits per heavy atom. The van der Waals surface area contributed by atoms with E-state index in [4.69, 9.17) is 9.90 Å². The van der Waals surface area contributed by atoms with Crippen LogP contribution in [0.5, 0.6) is 0 Å². The molecule has 2 aliphatic rings. The van der Waals surface area contributed by atoms with Gasteiger partial charge in [0.2, 0.25) is 5.91 Å². The zero-order valence-corrected chi connectivity index (χ0v) is 18.0. The summed E-state index contributed by atoms with van der Waals surface area (Å²) in [7, 11) is 0. The van der Waals surface area contributed by atoms with Gasteiger partial charge in [-0.1, -0.05) is 24.3 Å². The van der Waals surface area contributed by atoms with Gasteiger partial charge >= 0.3 is 6.03 Å². The molecule has 0 radical (unpaired) electrons. The highest BCUT2D eigenvalue weighted by atomic mass is 16.3. The second kappa shape index (κ2) is 11.7. The zero-order valence-electron chi connectivity index (χ0n) is 18.0. The smallest absolute Gasteiger partial charge is 0.317 e. The average Bonchev–Trinajstić information content (AvgIpc) is 3.24. The van der Waals surface area contributed by atoms with Crippen LogP contribution in [-0.4, -0.2) is 71.0 Å². The summed E-state index contributed by atoms with van der Waals surface area (Å²) in [5.41, 5.74) is 3.26. The predicted octanol–water partition coefficient (Wildman–Crippen LogP) is 1.94. The van der Waals surface area contributed by atoms with E-state index < -0.39 is 0 Å². The summed E-state index contributed by atoms with van der Waals surface area (Å²) in [6.07, 6.45) is 5.20. The highest BCUT2D eigenvalue weighted by molar-refractivity contribution is 5.78. The molecule has 2 aliphatic heterocycles. The molecule has 1 aromatic heterocycles. The fourth-order valence-electron chi connectivity index (χ4n) is 3.95. The van der Waals surface area contributed by atoms with Gasteiger partial charge in [0.05, 0.1) is 11.9 Å². The zero-order chi connectivity index (χ0) is 22.8. The molecular weight excluding hydrogens is 410 g/mol. The summed E-state index contributed by atoms with van der Waals surface area (Å²) < 4.78 is 0. The lowest BCUT2D eigenvalue weighted by atomic mass is 10.1. The number of benzene rings is 1.